The molecule has 1 N–H and O–H groups in total. The summed E-state index contributed by atoms with van der Waals surface area (Å²) in [4.78, 5) is 16.5. The summed E-state index contributed by atoms with van der Waals surface area (Å²) in [5, 5.41) is 11.2. The molecule has 0 saturated heterocycles. The van der Waals surface area contributed by atoms with Gasteiger partial charge < -0.3 is 19.0 Å². The highest BCUT2D eigenvalue weighted by atomic mass is 16.7. The van der Waals surface area contributed by atoms with Crippen molar-refractivity contribution in [3.8, 4) is 11.5 Å². The van der Waals surface area contributed by atoms with Gasteiger partial charge in [-0.1, -0.05) is 71.9 Å². The maximum Gasteiger partial charge on any atom is 0.513 e. The van der Waals surface area contributed by atoms with Crippen LogP contribution in [0, 0.1) is 6.92 Å². The smallest absolute Gasteiger partial charge is 0.507 e. The highest BCUT2D eigenvalue weighted by Gasteiger charge is 2.32. The van der Waals surface area contributed by atoms with Gasteiger partial charge in [-0.05, 0) is 40.5 Å². The highest BCUT2D eigenvalue weighted by Crippen LogP contribution is 2.45. The van der Waals surface area contributed by atoms with Crippen LogP contribution in [-0.2, 0) is 15.6 Å². The van der Waals surface area contributed by atoms with Crippen LogP contribution in [0.15, 0.2) is 47.2 Å². The van der Waals surface area contributed by atoms with E-state index in [4.69, 9.17) is 13.9 Å². The van der Waals surface area contributed by atoms with Gasteiger partial charge in [0.25, 0.3) is 0 Å². The lowest BCUT2D eigenvalue weighted by Crippen LogP contribution is -2.19. The Morgan fingerprint density at radius 1 is 1.03 bits per heavy atom. The minimum Gasteiger partial charge on any atom is -0.507 e. The molecule has 0 radical (unpaired) electrons. The summed E-state index contributed by atoms with van der Waals surface area (Å²) in [6.07, 6.45) is 0.617. The fourth-order valence-electron chi connectivity index (χ4n) is 3.99. The third-order valence-corrected chi connectivity index (χ3v) is 5.73. The molecule has 0 aliphatic carbocycles. The third kappa shape index (κ3) is 5.05. The topological polar surface area (TPSA) is 81.8 Å². The molecule has 0 spiro atoms. The van der Waals surface area contributed by atoms with E-state index >= 15 is 0 Å². The number of aromatic nitrogens is 1. The van der Waals surface area contributed by atoms with Crippen LogP contribution >= 0.6 is 0 Å². The molecule has 3 rings (SSSR count). The molecule has 0 bridgehead atoms. The molecule has 0 fully saturated rings. The number of ether oxygens (including phenoxy) is 2. The van der Waals surface area contributed by atoms with Crippen molar-refractivity contribution in [1.29, 1.82) is 0 Å². The van der Waals surface area contributed by atoms with Crippen molar-refractivity contribution in [2.45, 2.75) is 65.2 Å². The lowest BCUT2D eigenvalue weighted by Gasteiger charge is -2.30. The number of nitrogens with zero attached hydrogens (tertiary/aromatic N) is 1. The molecule has 1 unspecified atom stereocenters. The monoisotopic (exact) mass is 451 g/mol. The van der Waals surface area contributed by atoms with Gasteiger partial charge in [0.2, 0.25) is 0 Å². The normalized spacial score (nSPS) is 13.0. The Morgan fingerprint density at radius 2 is 1.61 bits per heavy atom. The molecular formula is C27H33NO5. The van der Waals surface area contributed by atoms with E-state index in [1.807, 2.05) is 31.2 Å². The number of phenolic OH excluding ortho intramolecular Hbond substituents is 1. The van der Waals surface area contributed by atoms with E-state index in [9.17, 15) is 9.90 Å². The number of carbonyl (C=O) groups excluding carboxylic acids is 1. The molecule has 1 atom stereocenters. The average molecular weight is 452 g/mol. The van der Waals surface area contributed by atoms with Crippen molar-refractivity contribution in [3.63, 3.8) is 0 Å². The number of hydrogen-bond acceptors (Lipinski definition) is 6. The number of carbonyl (C=O) groups is 1. The van der Waals surface area contributed by atoms with E-state index in [0.717, 1.165) is 22.3 Å². The zero-order valence-electron chi connectivity index (χ0n) is 20.6. The standard InChI is InChI=1S/C27H33NO5/c1-16-23(28-15-32-16)22(18-11-9-10-12-21(18)33-25(30)31-8)17-13-19(26(2,3)4)24(29)20(14-17)27(5,6)7/h9-15,22,29H,1-8H3. The number of hydrogen-bond donors (Lipinski definition) is 1. The molecule has 0 amide bonds. The van der Waals surface area contributed by atoms with Crippen LogP contribution in [0.5, 0.6) is 11.5 Å². The Morgan fingerprint density at radius 3 is 2.09 bits per heavy atom. The zero-order valence-corrected chi connectivity index (χ0v) is 20.6. The van der Waals surface area contributed by atoms with Crippen molar-refractivity contribution < 1.29 is 23.8 Å². The second-order valence-electron chi connectivity index (χ2n) is 10.3. The number of aromatic hydroxyl groups is 1. The summed E-state index contributed by atoms with van der Waals surface area (Å²) in [6, 6.07) is 11.3. The first-order chi connectivity index (χ1) is 15.3. The van der Waals surface area contributed by atoms with E-state index in [-0.39, 0.29) is 10.8 Å². The maximum absolute atomic E-state index is 12.0. The van der Waals surface area contributed by atoms with E-state index in [2.05, 4.69) is 46.5 Å². The second-order valence-corrected chi connectivity index (χ2v) is 10.3. The lowest BCUT2D eigenvalue weighted by atomic mass is 9.75. The van der Waals surface area contributed by atoms with Gasteiger partial charge in [-0.25, -0.2) is 9.78 Å². The van der Waals surface area contributed by atoms with Crippen molar-refractivity contribution in [3.05, 3.63) is 76.5 Å². The van der Waals surface area contributed by atoms with Crippen LogP contribution < -0.4 is 4.74 Å². The highest BCUT2D eigenvalue weighted by molar-refractivity contribution is 5.65. The Kier molecular flexibility index (Phi) is 6.59. The van der Waals surface area contributed by atoms with Gasteiger partial charge in [-0.3, -0.25) is 0 Å². The fourth-order valence-corrected chi connectivity index (χ4v) is 3.99. The van der Waals surface area contributed by atoms with Gasteiger partial charge in [-0.15, -0.1) is 0 Å². The first-order valence-corrected chi connectivity index (χ1v) is 11.0. The van der Waals surface area contributed by atoms with E-state index in [1.165, 1.54) is 13.5 Å². The van der Waals surface area contributed by atoms with Crippen molar-refractivity contribution in [2.75, 3.05) is 7.11 Å². The summed E-state index contributed by atoms with van der Waals surface area (Å²) in [6.45, 7) is 14.3. The largest absolute Gasteiger partial charge is 0.513 e. The SMILES string of the molecule is COC(=O)Oc1ccccc1C(c1cc(C(C)(C)C)c(O)c(C(C)(C)C)c1)c1ncoc1C. The maximum atomic E-state index is 12.0. The predicted octanol–water partition coefficient (Wildman–Crippen LogP) is 6.61. The van der Waals surface area contributed by atoms with E-state index in [0.29, 0.717) is 23.0 Å². The molecular weight excluding hydrogens is 418 g/mol. The molecule has 0 aliphatic heterocycles. The van der Waals surface area contributed by atoms with Crippen LogP contribution in [0.3, 0.4) is 0 Å². The van der Waals surface area contributed by atoms with Crippen LogP contribution in [0.25, 0.3) is 0 Å². The third-order valence-electron chi connectivity index (χ3n) is 5.73. The Hall–Kier alpha value is -3.28. The number of aryl methyl sites for hydroxylation is 1. The summed E-state index contributed by atoms with van der Waals surface area (Å²) in [5.41, 5.74) is 3.44. The number of para-hydroxylation sites is 1. The van der Waals surface area contributed by atoms with Gasteiger partial charge in [0.05, 0.1) is 18.7 Å². The number of oxazole rings is 1. The summed E-state index contributed by atoms with van der Waals surface area (Å²) in [5.74, 6) is 0.941. The van der Waals surface area contributed by atoms with E-state index < -0.39 is 12.1 Å². The Bertz CT molecular complexity index is 1110. The molecule has 1 aromatic heterocycles. The second kappa shape index (κ2) is 8.93. The van der Waals surface area contributed by atoms with Crippen LogP contribution in [0.4, 0.5) is 4.79 Å². The quantitative estimate of drug-likeness (QED) is 0.355. The van der Waals surface area contributed by atoms with Crippen LogP contribution in [-0.4, -0.2) is 23.4 Å². The first-order valence-electron chi connectivity index (χ1n) is 11.0. The van der Waals surface area contributed by atoms with Gasteiger partial charge in [-0.2, -0.15) is 0 Å². The molecule has 1 heterocycles. The van der Waals surface area contributed by atoms with Gasteiger partial charge in [0.1, 0.15) is 17.3 Å². The average Bonchev–Trinajstić information content (AvgIpc) is 3.14. The first kappa shape index (κ1) is 24.4. The molecule has 0 aliphatic rings. The number of phenols is 1. The zero-order chi connectivity index (χ0) is 24.6. The predicted molar refractivity (Wildman–Crippen MR) is 127 cm³/mol. The molecule has 33 heavy (non-hydrogen) atoms. The molecule has 176 valence electrons. The summed E-state index contributed by atoms with van der Waals surface area (Å²) < 4.78 is 15.8. The number of methoxy groups -OCH3 is 1. The molecule has 6 heteroatoms. The van der Waals surface area contributed by atoms with Crippen molar-refractivity contribution >= 4 is 6.16 Å². The minimum atomic E-state index is -0.797. The molecule has 6 nitrogen and oxygen atoms in total. The molecule has 2 aromatic carbocycles. The van der Waals surface area contributed by atoms with Crippen LogP contribution in [0.2, 0.25) is 0 Å². The Labute approximate surface area is 195 Å². The van der Waals surface area contributed by atoms with Crippen molar-refractivity contribution in [2.24, 2.45) is 0 Å². The van der Waals surface area contributed by atoms with Gasteiger partial charge >= 0.3 is 6.16 Å². The van der Waals surface area contributed by atoms with Crippen molar-refractivity contribution in [1.82, 2.24) is 4.98 Å². The molecule has 0 saturated carbocycles. The number of rotatable bonds is 4. The lowest BCUT2D eigenvalue weighted by molar-refractivity contribution is 0.121. The van der Waals surface area contributed by atoms with Crippen LogP contribution in [0.1, 0.15) is 81.2 Å². The summed E-state index contributed by atoms with van der Waals surface area (Å²) in [7, 11) is 1.27. The summed E-state index contributed by atoms with van der Waals surface area (Å²) >= 11 is 0. The van der Waals surface area contributed by atoms with Gasteiger partial charge in [0.15, 0.2) is 6.39 Å². The number of benzene rings is 2. The van der Waals surface area contributed by atoms with E-state index in [1.54, 1.807) is 12.1 Å². The fraction of sp³-hybridized carbons (Fsp3) is 0.407. The minimum absolute atomic E-state index is 0.300. The molecule has 3 aromatic rings. The van der Waals surface area contributed by atoms with Gasteiger partial charge in [0, 0.05) is 5.56 Å². The Balaban J connectivity index is 2.36.